The Bertz CT molecular complexity index is 822. The van der Waals surface area contributed by atoms with E-state index in [1.54, 1.807) is 6.92 Å². The molecule has 0 atom stereocenters. The van der Waals surface area contributed by atoms with Gasteiger partial charge in [0.05, 0.1) is 16.8 Å². The molecule has 0 N–H and O–H groups in total. The summed E-state index contributed by atoms with van der Waals surface area (Å²) in [6.07, 6.45) is 0. The van der Waals surface area contributed by atoms with E-state index in [0.29, 0.717) is 0 Å². The molecule has 5 nitrogen and oxygen atoms in total. The van der Waals surface area contributed by atoms with Crippen molar-refractivity contribution in [2.75, 3.05) is 6.61 Å². The summed E-state index contributed by atoms with van der Waals surface area (Å²) in [6, 6.07) is 8.15. The van der Waals surface area contributed by atoms with Gasteiger partial charge in [0, 0.05) is 0 Å². The lowest BCUT2D eigenvalue weighted by atomic mass is 10.2. The third kappa shape index (κ3) is 2.92. The van der Waals surface area contributed by atoms with Gasteiger partial charge in [0.15, 0.2) is 0 Å². The van der Waals surface area contributed by atoms with E-state index in [1.807, 2.05) is 6.07 Å². The number of hydrogen-bond acceptors (Lipinski definition) is 4. The number of benzene rings is 1. The molecular weight excluding hydrogens is 355 g/mol. The molecule has 112 valence electrons. The predicted molar refractivity (Wildman–Crippen MR) is 80.4 cm³/mol. The van der Waals surface area contributed by atoms with Crippen LogP contribution in [0.4, 0.5) is 4.39 Å². The second-order valence-corrected chi connectivity index (χ2v) is 5.06. The van der Waals surface area contributed by atoms with Crippen LogP contribution in [0.25, 0.3) is 5.69 Å². The van der Waals surface area contributed by atoms with Gasteiger partial charge < -0.3 is 4.74 Å². The minimum Gasteiger partial charge on any atom is -0.462 e. The van der Waals surface area contributed by atoms with Gasteiger partial charge in [0.1, 0.15) is 23.1 Å². The Morgan fingerprint density at radius 1 is 1.41 bits per heavy atom. The first-order valence-corrected chi connectivity index (χ1v) is 7.07. The average Bonchev–Trinajstić information content (AvgIpc) is 2.50. The topological polar surface area (TPSA) is 72.1 Å². The summed E-state index contributed by atoms with van der Waals surface area (Å²) in [5.41, 5.74) is -0.638. The molecule has 0 radical (unpaired) electrons. The van der Waals surface area contributed by atoms with Gasteiger partial charge in [-0.25, -0.2) is 9.18 Å². The largest absolute Gasteiger partial charge is 0.462 e. The highest BCUT2D eigenvalue weighted by atomic mass is 79.9. The van der Waals surface area contributed by atoms with Gasteiger partial charge in [-0.2, -0.15) is 5.26 Å². The van der Waals surface area contributed by atoms with Gasteiger partial charge >= 0.3 is 5.97 Å². The fourth-order valence-corrected chi connectivity index (χ4v) is 2.38. The molecule has 0 unspecified atom stereocenters. The zero-order valence-corrected chi connectivity index (χ0v) is 13.1. The lowest BCUT2D eigenvalue weighted by Gasteiger charge is -2.12. The Balaban J connectivity index is 2.76. The fourth-order valence-electron chi connectivity index (χ4n) is 1.88. The Morgan fingerprint density at radius 2 is 2.05 bits per heavy atom. The summed E-state index contributed by atoms with van der Waals surface area (Å²) in [5.74, 6) is -1.26. The van der Waals surface area contributed by atoms with Crippen molar-refractivity contribution in [3.8, 4) is 11.8 Å². The number of hydrogen-bond donors (Lipinski definition) is 0. The van der Waals surface area contributed by atoms with Crippen LogP contribution < -0.4 is 5.56 Å². The number of carbonyl (C=O) groups excluding carboxylic acids is 1. The lowest BCUT2D eigenvalue weighted by molar-refractivity contribution is 0.0523. The summed E-state index contributed by atoms with van der Waals surface area (Å²) in [4.78, 5) is 24.4. The summed E-state index contributed by atoms with van der Waals surface area (Å²) in [6.45, 7) is 1.74. The van der Waals surface area contributed by atoms with Gasteiger partial charge in [-0.15, -0.1) is 0 Å². The monoisotopic (exact) mass is 364 g/mol. The second kappa shape index (κ2) is 6.54. The summed E-state index contributed by atoms with van der Waals surface area (Å²) in [5, 5.41) is 9.24. The van der Waals surface area contributed by atoms with Crippen molar-refractivity contribution in [3.05, 3.63) is 62.2 Å². The highest BCUT2D eigenvalue weighted by Crippen LogP contribution is 2.19. The third-order valence-corrected chi connectivity index (χ3v) is 3.44. The summed E-state index contributed by atoms with van der Waals surface area (Å²) in [7, 11) is 0. The highest BCUT2D eigenvalue weighted by molar-refractivity contribution is 9.10. The number of rotatable bonds is 3. The van der Waals surface area contributed by atoms with Crippen LogP contribution in [0.15, 0.2) is 39.6 Å². The van der Waals surface area contributed by atoms with Crippen LogP contribution in [0.1, 0.15) is 23.0 Å². The quantitative estimate of drug-likeness (QED) is 0.785. The van der Waals surface area contributed by atoms with Crippen LogP contribution in [0, 0.1) is 17.1 Å². The van der Waals surface area contributed by atoms with Gasteiger partial charge in [-0.05, 0) is 53.2 Å². The zero-order valence-electron chi connectivity index (χ0n) is 11.5. The third-order valence-electron chi connectivity index (χ3n) is 2.84. The van der Waals surface area contributed by atoms with Crippen LogP contribution in [0.5, 0.6) is 0 Å². The van der Waals surface area contributed by atoms with Gasteiger partial charge in [-0.3, -0.25) is 9.36 Å². The van der Waals surface area contributed by atoms with Crippen molar-refractivity contribution in [2.24, 2.45) is 0 Å². The molecule has 22 heavy (non-hydrogen) atoms. The molecule has 0 amide bonds. The van der Waals surface area contributed by atoms with E-state index in [-0.39, 0.29) is 28.0 Å². The van der Waals surface area contributed by atoms with E-state index in [4.69, 9.17) is 4.74 Å². The molecule has 0 aliphatic rings. The second-order valence-electron chi connectivity index (χ2n) is 4.20. The first kappa shape index (κ1) is 15.9. The maximum atomic E-state index is 13.0. The van der Waals surface area contributed by atoms with Crippen molar-refractivity contribution in [3.63, 3.8) is 0 Å². The van der Waals surface area contributed by atoms with Crippen LogP contribution in [0.3, 0.4) is 0 Å². The number of halogens is 2. The normalized spacial score (nSPS) is 10.1. The number of ether oxygens (including phenoxy) is 1. The van der Waals surface area contributed by atoms with Crippen LogP contribution >= 0.6 is 15.9 Å². The van der Waals surface area contributed by atoms with E-state index < -0.39 is 17.3 Å². The number of nitrogens with zero attached hydrogens (tertiary/aromatic N) is 2. The molecule has 0 aliphatic carbocycles. The number of aromatic nitrogens is 1. The van der Waals surface area contributed by atoms with Crippen molar-refractivity contribution >= 4 is 21.9 Å². The van der Waals surface area contributed by atoms with Crippen molar-refractivity contribution < 1.29 is 13.9 Å². The van der Waals surface area contributed by atoms with Crippen molar-refractivity contribution in [2.45, 2.75) is 6.92 Å². The van der Waals surface area contributed by atoms with Gasteiger partial charge in [0.25, 0.3) is 5.56 Å². The molecule has 0 fully saturated rings. The van der Waals surface area contributed by atoms with E-state index in [2.05, 4.69) is 15.9 Å². The minimum atomic E-state index is -0.784. The Labute approximate surface area is 133 Å². The first-order valence-electron chi connectivity index (χ1n) is 6.28. The molecule has 0 aliphatic heterocycles. The summed E-state index contributed by atoms with van der Waals surface area (Å²) < 4.78 is 19.2. The van der Waals surface area contributed by atoms with E-state index in [9.17, 15) is 19.2 Å². The number of carbonyl (C=O) groups is 1. The number of esters is 1. The lowest BCUT2D eigenvalue weighted by Crippen LogP contribution is -2.28. The Hall–Kier alpha value is -2.46. The molecule has 1 aromatic carbocycles. The van der Waals surface area contributed by atoms with Crippen molar-refractivity contribution in [1.82, 2.24) is 4.57 Å². The number of nitriles is 1. The predicted octanol–water partition coefficient (Wildman–Crippen LogP) is 2.79. The van der Waals surface area contributed by atoms with Crippen molar-refractivity contribution in [1.29, 1.82) is 5.26 Å². The number of pyridine rings is 1. The van der Waals surface area contributed by atoms with Crippen LogP contribution in [0.2, 0.25) is 0 Å². The minimum absolute atomic E-state index is 0.00431. The molecule has 0 bridgehead atoms. The van der Waals surface area contributed by atoms with E-state index in [0.717, 1.165) is 16.7 Å². The van der Waals surface area contributed by atoms with E-state index in [1.165, 1.54) is 18.2 Å². The Morgan fingerprint density at radius 3 is 2.59 bits per heavy atom. The van der Waals surface area contributed by atoms with Gasteiger partial charge in [0.2, 0.25) is 0 Å². The van der Waals surface area contributed by atoms with E-state index >= 15 is 0 Å². The Kier molecular flexibility index (Phi) is 4.73. The SMILES string of the molecule is CCOC(=O)c1cc(Br)c(C#N)n(-c2ccc(F)cc2)c1=O. The van der Waals surface area contributed by atoms with Crippen LogP contribution in [-0.4, -0.2) is 17.1 Å². The molecule has 0 saturated carbocycles. The molecule has 1 heterocycles. The zero-order chi connectivity index (χ0) is 16.3. The average molecular weight is 365 g/mol. The molecule has 2 aromatic rings. The molecule has 7 heteroatoms. The standard InChI is InChI=1S/C15H10BrFN2O3/c1-2-22-15(21)11-7-12(16)13(8-18)19(14(11)20)10-5-3-9(17)4-6-10/h3-7H,2H2,1H3. The first-order chi connectivity index (χ1) is 10.5. The maximum absolute atomic E-state index is 13.0. The molecule has 2 rings (SSSR count). The van der Waals surface area contributed by atoms with Gasteiger partial charge in [-0.1, -0.05) is 0 Å². The van der Waals surface area contributed by atoms with Crippen LogP contribution in [-0.2, 0) is 4.74 Å². The highest BCUT2D eigenvalue weighted by Gasteiger charge is 2.20. The smallest absolute Gasteiger partial charge is 0.343 e. The summed E-state index contributed by atoms with van der Waals surface area (Å²) >= 11 is 3.16. The molecule has 0 spiro atoms. The maximum Gasteiger partial charge on any atom is 0.343 e. The molecular formula is C15H10BrFN2O3. The molecule has 0 saturated heterocycles. The fraction of sp³-hybridized carbons (Fsp3) is 0.133. The molecule has 1 aromatic heterocycles.